The Morgan fingerprint density at radius 1 is 1.46 bits per heavy atom. The zero-order valence-electron chi connectivity index (χ0n) is 7.60. The molecule has 0 bridgehead atoms. The van der Waals surface area contributed by atoms with Gasteiger partial charge in [-0.3, -0.25) is 9.48 Å². The lowest BCUT2D eigenvalue weighted by molar-refractivity contribution is -0.485. The summed E-state index contributed by atoms with van der Waals surface area (Å²) in [4.78, 5) is 1.79. The van der Waals surface area contributed by atoms with Crippen LogP contribution < -0.4 is 0 Å². The summed E-state index contributed by atoms with van der Waals surface area (Å²) in [5, 5.41) is 0. The van der Waals surface area contributed by atoms with Crippen LogP contribution in [0, 0.1) is 0 Å². The van der Waals surface area contributed by atoms with Crippen LogP contribution in [0.2, 0.25) is 0 Å². The van der Waals surface area contributed by atoms with Crippen molar-refractivity contribution in [1.82, 2.24) is 4.90 Å². The number of amidine groups is 1. The molecule has 0 fully saturated rings. The van der Waals surface area contributed by atoms with Crippen LogP contribution in [0.4, 0.5) is 13.2 Å². The van der Waals surface area contributed by atoms with E-state index in [1.807, 2.05) is 0 Å². The van der Waals surface area contributed by atoms with E-state index in [1.165, 1.54) is 0 Å². The van der Waals surface area contributed by atoms with Gasteiger partial charge in [0.2, 0.25) is 0 Å². The SMILES string of the molecule is CN1CC[N+](C)=C1C=CC(F)(F)F. The molecule has 1 rings (SSSR count). The number of hydrogen-bond acceptors (Lipinski definition) is 1. The second-order valence-corrected chi connectivity index (χ2v) is 3.08. The Labute approximate surface area is 75.0 Å². The van der Waals surface area contributed by atoms with E-state index in [0.29, 0.717) is 5.84 Å². The lowest BCUT2D eigenvalue weighted by Crippen LogP contribution is -2.23. The Hall–Kier alpha value is -1.00. The quantitative estimate of drug-likeness (QED) is 0.565. The summed E-state index contributed by atoms with van der Waals surface area (Å²) >= 11 is 0. The Bertz CT molecular complexity index is 253. The molecule has 0 radical (unpaired) electrons. The fraction of sp³-hybridized carbons (Fsp3) is 0.625. The number of likely N-dealkylation sites (N-methyl/N-ethyl adjacent to an activating group) is 2. The number of rotatable bonds is 1. The highest BCUT2D eigenvalue weighted by atomic mass is 19.4. The summed E-state index contributed by atoms with van der Waals surface area (Å²) in [7, 11) is 3.55. The molecule has 0 saturated carbocycles. The maximum Gasteiger partial charge on any atom is 0.410 e. The zero-order valence-corrected chi connectivity index (χ0v) is 7.60. The fourth-order valence-electron chi connectivity index (χ4n) is 1.24. The molecule has 0 aromatic carbocycles. The standard InChI is InChI=1S/C8H12F3N2/c1-12-5-6-13(2)7(12)3-4-8(9,10)11/h3-4H,5-6H2,1-2H3/q+1. The maximum atomic E-state index is 11.8. The number of allylic oxidation sites excluding steroid dienone is 1. The first-order valence-corrected chi connectivity index (χ1v) is 3.95. The molecule has 0 aromatic rings. The molecule has 1 aliphatic heterocycles. The molecule has 2 nitrogen and oxygen atoms in total. The Morgan fingerprint density at radius 3 is 2.46 bits per heavy atom. The van der Waals surface area contributed by atoms with Crippen LogP contribution in [0.15, 0.2) is 12.2 Å². The molecule has 0 aromatic heterocycles. The van der Waals surface area contributed by atoms with E-state index in [9.17, 15) is 13.2 Å². The average Bonchev–Trinajstić information content (AvgIpc) is 2.27. The molecule has 0 aliphatic carbocycles. The van der Waals surface area contributed by atoms with Crippen molar-refractivity contribution < 1.29 is 17.7 Å². The van der Waals surface area contributed by atoms with Crippen LogP contribution >= 0.6 is 0 Å². The molecule has 0 N–H and O–H groups in total. The number of halogens is 3. The third kappa shape index (κ3) is 2.75. The second kappa shape index (κ2) is 3.40. The molecule has 0 atom stereocenters. The molecular weight excluding hydrogens is 181 g/mol. The van der Waals surface area contributed by atoms with Crippen molar-refractivity contribution in [2.45, 2.75) is 6.18 Å². The van der Waals surface area contributed by atoms with Crippen LogP contribution in [0.1, 0.15) is 0 Å². The first-order valence-electron chi connectivity index (χ1n) is 3.95. The van der Waals surface area contributed by atoms with E-state index < -0.39 is 6.18 Å². The minimum atomic E-state index is -4.22. The topological polar surface area (TPSA) is 6.25 Å². The lowest BCUT2D eigenvalue weighted by atomic mass is 10.4. The Morgan fingerprint density at radius 2 is 2.08 bits per heavy atom. The number of hydrogen-bond donors (Lipinski definition) is 0. The second-order valence-electron chi connectivity index (χ2n) is 3.08. The summed E-state index contributed by atoms with van der Waals surface area (Å²) in [5.41, 5.74) is 0. The van der Waals surface area contributed by atoms with Crippen LogP contribution in [-0.2, 0) is 0 Å². The van der Waals surface area contributed by atoms with Gasteiger partial charge in [0.1, 0.15) is 13.1 Å². The van der Waals surface area contributed by atoms with Crippen molar-refractivity contribution in [1.29, 1.82) is 0 Å². The highest BCUT2D eigenvalue weighted by Crippen LogP contribution is 2.16. The molecule has 5 heteroatoms. The molecule has 1 aliphatic rings. The maximum absolute atomic E-state index is 11.8. The molecule has 1 heterocycles. The minimum Gasteiger partial charge on any atom is -0.261 e. The number of nitrogens with zero attached hydrogens (tertiary/aromatic N) is 2. The molecule has 74 valence electrons. The van der Waals surface area contributed by atoms with Crippen LogP contribution in [0.3, 0.4) is 0 Å². The summed E-state index contributed by atoms with van der Waals surface area (Å²) in [5.74, 6) is 0.609. The summed E-state index contributed by atoms with van der Waals surface area (Å²) in [6, 6.07) is 0. The van der Waals surface area contributed by atoms with E-state index in [1.54, 1.807) is 23.6 Å². The van der Waals surface area contributed by atoms with Gasteiger partial charge >= 0.3 is 6.18 Å². The van der Waals surface area contributed by atoms with Crippen molar-refractivity contribution in [2.24, 2.45) is 0 Å². The van der Waals surface area contributed by atoms with Gasteiger partial charge < -0.3 is 0 Å². The van der Waals surface area contributed by atoms with Gasteiger partial charge in [-0.1, -0.05) is 0 Å². The van der Waals surface area contributed by atoms with Crippen molar-refractivity contribution in [2.75, 3.05) is 27.2 Å². The van der Waals surface area contributed by atoms with E-state index in [0.717, 1.165) is 19.2 Å². The van der Waals surface area contributed by atoms with E-state index in [-0.39, 0.29) is 6.08 Å². The molecule has 13 heavy (non-hydrogen) atoms. The largest absolute Gasteiger partial charge is 0.410 e. The van der Waals surface area contributed by atoms with Crippen molar-refractivity contribution >= 4 is 5.84 Å². The predicted molar refractivity (Wildman–Crippen MR) is 43.9 cm³/mol. The number of alkyl halides is 3. The van der Waals surface area contributed by atoms with Crippen LogP contribution in [-0.4, -0.2) is 48.7 Å². The Kier molecular flexibility index (Phi) is 2.63. The first-order chi connectivity index (χ1) is 5.90. The predicted octanol–water partition coefficient (Wildman–Crippen LogP) is 1.09. The van der Waals surface area contributed by atoms with Crippen molar-refractivity contribution in [3.05, 3.63) is 12.2 Å². The molecule has 0 saturated heterocycles. The molecule has 0 unspecified atom stereocenters. The Balaban J connectivity index is 2.74. The minimum absolute atomic E-state index is 0.265. The average molecular weight is 193 g/mol. The molecule has 0 amide bonds. The highest BCUT2D eigenvalue weighted by molar-refractivity contribution is 5.89. The van der Waals surface area contributed by atoms with Gasteiger partial charge in [0.15, 0.2) is 0 Å². The van der Waals surface area contributed by atoms with E-state index in [4.69, 9.17) is 0 Å². The van der Waals surface area contributed by atoms with Crippen LogP contribution in [0.25, 0.3) is 0 Å². The van der Waals surface area contributed by atoms with E-state index in [2.05, 4.69) is 0 Å². The first kappa shape index (κ1) is 10.1. The van der Waals surface area contributed by atoms with Gasteiger partial charge in [0, 0.05) is 12.2 Å². The van der Waals surface area contributed by atoms with Gasteiger partial charge in [-0.25, -0.2) is 0 Å². The van der Waals surface area contributed by atoms with Crippen LogP contribution in [0.5, 0.6) is 0 Å². The van der Waals surface area contributed by atoms with Crippen molar-refractivity contribution in [3.63, 3.8) is 0 Å². The summed E-state index contributed by atoms with van der Waals surface area (Å²) < 4.78 is 37.3. The normalized spacial score (nSPS) is 19.3. The lowest BCUT2D eigenvalue weighted by Gasteiger charge is -2.02. The van der Waals surface area contributed by atoms with Crippen molar-refractivity contribution in [3.8, 4) is 0 Å². The van der Waals surface area contributed by atoms with Gasteiger partial charge in [0.05, 0.1) is 14.1 Å². The third-order valence-corrected chi connectivity index (χ3v) is 1.97. The highest BCUT2D eigenvalue weighted by Gasteiger charge is 2.27. The van der Waals surface area contributed by atoms with Gasteiger partial charge in [-0.2, -0.15) is 13.2 Å². The van der Waals surface area contributed by atoms with Gasteiger partial charge in [-0.15, -0.1) is 0 Å². The smallest absolute Gasteiger partial charge is 0.261 e. The third-order valence-electron chi connectivity index (χ3n) is 1.97. The zero-order chi connectivity index (χ0) is 10.1. The van der Waals surface area contributed by atoms with Gasteiger partial charge in [-0.05, 0) is 0 Å². The monoisotopic (exact) mass is 193 g/mol. The molecular formula is C8H12F3N2+. The summed E-state index contributed by atoms with van der Waals surface area (Å²) in [6.45, 7) is 1.54. The fourth-order valence-corrected chi connectivity index (χ4v) is 1.24. The molecule has 0 spiro atoms. The van der Waals surface area contributed by atoms with Gasteiger partial charge in [0.25, 0.3) is 5.84 Å². The summed E-state index contributed by atoms with van der Waals surface area (Å²) in [6.07, 6.45) is -2.86. The van der Waals surface area contributed by atoms with E-state index >= 15 is 0 Å².